The number of amides is 1. The summed E-state index contributed by atoms with van der Waals surface area (Å²) in [6.07, 6.45) is 0. The van der Waals surface area contributed by atoms with Crippen LogP contribution in [0.3, 0.4) is 0 Å². The van der Waals surface area contributed by atoms with E-state index in [1.807, 2.05) is 7.05 Å². The van der Waals surface area contributed by atoms with Crippen LogP contribution in [-0.4, -0.2) is 33.5 Å². The van der Waals surface area contributed by atoms with E-state index in [0.29, 0.717) is 32.5 Å². The standard InChI is InChI=1S/C19H18Cl2N4O3S/c1-25-17(10-28-16-9-12(20)3-8-15(16)21)23-24-19(25)29-11-18(26)22-13-4-6-14(27-2)7-5-13/h3-9H,10-11H2,1-2H3,(H,22,26). The zero-order valence-electron chi connectivity index (χ0n) is 15.7. The Morgan fingerprint density at radius 2 is 1.93 bits per heavy atom. The van der Waals surface area contributed by atoms with Gasteiger partial charge >= 0.3 is 0 Å². The maximum atomic E-state index is 12.2. The van der Waals surface area contributed by atoms with E-state index >= 15 is 0 Å². The van der Waals surface area contributed by atoms with E-state index in [9.17, 15) is 4.79 Å². The number of halogens is 2. The van der Waals surface area contributed by atoms with Gasteiger partial charge in [0, 0.05) is 23.8 Å². The van der Waals surface area contributed by atoms with Crippen molar-refractivity contribution in [1.29, 1.82) is 0 Å². The van der Waals surface area contributed by atoms with Crippen LogP contribution in [0.1, 0.15) is 5.82 Å². The Balaban J connectivity index is 1.53. The lowest BCUT2D eigenvalue weighted by atomic mass is 10.3. The van der Waals surface area contributed by atoms with Gasteiger partial charge in [-0.2, -0.15) is 0 Å². The highest BCUT2D eigenvalue weighted by Gasteiger charge is 2.13. The first-order chi connectivity index (χ1) is 14.0. The highest BCUT2D eigenvalue weighted by molar-refractivity contribution is 7.99. The molecule has 1 aromatic heterocycles. The molecule has 0 fully saturated rings. The van der Waals surface area contributed by atoms with E-state index in [0.717, 1.165) is 5.75 Å². The molecule has 152 valence electrons. The Labute approximate surface area is 182 Å². The molecule has 1 amide bonds. The van der Waals surface area contributed by atoms with E-state index in [2.05, 4.69) is 15.5 Å². The molecule has 0 spiro atoms. The smallest absolute Gasteiger partial charge is 0.234 e. The van der Waals surface area contributed by atoms with Gasteiger partial charge in [-0.05, 0) is 36.4 Å². The second-order valence-electron chi connectivity index (χ2n) is 5.89. The van der Waals surface area contributed by atoms with E-state index < -0.39 is 0 Å². The molecule has 1 heterocycles. The van der Waals surface area contributed by atoms with Crippen LogP contribution in [0.4, 0.5) is 5.69 Å². The fourth-order valence-corrected chi connectivity index (χ4v) is 3.39. The monoisotopic (exact) mass is 452 g/mol. The predicted octanol–water partition coefficient (Wildman–Crippen LogP) is 4.44. The number of nitrogens with zero attached hydrogens (tertiary/aromatic N) is 3. The normalized spacial score (nSPS) is 10.6. The largest absolute Gasteiger partial charge is 0.497 e. The molecule has 0 bridgehead atoms. The number of rotatable bonds is 8. The van der Waals surface area contributed by atoms with Crippen molar-refractivity contribution in [3.8, 4) is 11.5 Å². The maximum Gasteiger partial charge on any atom is 0.234 e. The Hall–Kier alpha value is -2.42. The summed E-state index contributed by atoms with van der Waals surface area (Å²) in [5.41, 5.74) is 0.696. The molecule has 0 atom stereocenters. The minimum atomic E-state index is -0.147. The van der Waals surface area contributed by atoms with Crippen molar-refractivity contribution in [1.82, 2.24) is 14.8 Å². The number of thioether (sulfide) groups is 1. The molecule has 0 saturated heterocycles. The minimum Gasteiger partial charge on any atom is -0.497 e. The van der Waals surface area contributed by atoms with Crippen LogP contribution in [0.5, 0.6) is 11.5 Å². The number of benzene rings is 2. The Bertz CT molecular complexity index is 996. The summed E-state index contributed by atoms with van der Waals surface area (Å²) < 4.78 is 12.5. The van der Waals surface area contributed by atoms with E-state index in [1.54, 1.807) is 54.1 Å². The van der Waals surface area contributed by atoms with Crippen LogP contribution >= 0.6 is 35.0 Å². The van der Waals surface area contributed by atoms with Crippen molar-refractivity contribution in [2.75, 3.05) is 18.2 Å². The number of nitrogens with one attached hydrogen (secondary N) is 1. The summed E-state index contributed by atoms with van der Waals surface area (Å²) in [5.74, 6) is 1.84. The number of methoxy groups -OCH3 is 1. The van der Waals surface area contributed by atoms with Gasteiger partial charge in [0.25, 0.3) is 0 Å². The van der Waals surface area contributed by atoms with Gasteiger partial charge in [-0.15, -0.1) is 10.2 Å². The zero-order chi connectivity index (χ0) is 20.8. The van der Waals surface area contributed by atoms with Gasteiger partial charge in [0.2, 0.25) is 5.91 Å². The van der Waals surface area contributed by atoms with Gasteiger partial charge in [0.15, 0.2) is 11.0 Å². The molecule has 3 rings (SSSR count). The first-order valence-corrected chi connectivity index (χ1v) is 10.2. The summed E-state index contributed by atoms with van der Waals surface area (Å²) in [7, 11) is 3.40. The molecular formula is C19H18Cl2N4O3S. The van der Waals surface area contributed by atoms with Gasteiger partial charge in [-0.3, -0.25) is 4.79 Å². The SMILES string of the molecule is COc1ccc(NC(=O)CSc2nnc(COc3cc(Cl)ccc3Cl)n2C)cc1. The molecular weight excluding hydrogens is 435 g/mol. The maximum absolute atomic E-state index is 12.2. The summed E-state index contributed by atoms with van der Waals surface area (Å²) in [5, 5.41) is 12.6. The van der Waals surface area contributed by atoms with Gasteiger partial charge in [0.1, 0.15) is 18.1 Å². The lowest BCUT2D eigenvalue weighted by molar-refractivity contribution is -0.113. The van der Waals surface area contributed by atoms with Crippen LogP contribution in [0.15, 0.2) is 47.6 Å². The lowest BCUT2D eigenvalue weighted by Gasteiger charge is -2.08. The van der Waals surface area contributed by atoms with Crippen molar-refractivity contribution in [3.63, 3.8) is 0 Å². The first-order valence-electron chi connectivity index (χ1n) is 8.49. The molecule has 10 heteroatoms. The highest BCUT2D eigenvalue weighted by atomic mass is 35.5. The van der Waals surface area contributed by atoms with Crippen molar-refractivity contribution >= 4 is 46.6 Å². The minimum absolute atomic E-state index is 0.147. The van der Waals surface area contributed by atoms with E-state index in [4.69, 9.17) is 32.7 Å². The average molecular weight is 453 g/mol. The Morgan fingerprint density at radius 3 is 2.66 bits per heavy atom. The van der Waals surface area contributed by atoms with Gasteiger partial charge in [0.05, 0.1) is 17.9 Å². The van der Waals surface area contributed by atoms with Gasteiger partial charge in [-0.1, -0.05) is 35.0 Å². The molecule has 0 radical (unpaired) electrons. The van der Waals surface area contributed by atoms with Crippen molar-refractivity contribution in [2.24, 2.45) is 7.05 Å². The number of carbonyl (C=O) groups is 1. The number of aromatic nitrogens is 3. The second-order valence-corrected chi connectivity index (χ2v) is 7.67. The molecule has 3 aromatic rings. The molecule has 0 aliphatic carbocycles. The van der Waals surface area contributed by atoms with Gasteiger partial charge in [-0.25, -0.2) is 0 Å². The van der Waals surface area contributed by atoms with Crippen LogP contribution < -0.4 is 14.8 Å². The molecule has 0 aliphatic heterocycles. The van der Waals surface area contributed by atoms with Crippen molar-refractivity contribution in [2.45, 2.75) is 11.8 Å². The zero-order valence-corrected chi connectivity index (χ0v) is 18.0. The van der Waals surface area contributed by atoms with Crippen LogP contribution in [0.2, 0.25) is 10.0 Å². The molecule has 7 nitrogen and oxygen atoms in total. The Kier molecular flexibility index (Phi) is 7.24. The predicted molar refractivity (Wildman–Crippen MR) is 114 cm³/mol. The van der Waals surface area contributed by atoms with Gasteiger partial charge < -0.3 is 19.4 Å². The number of carbonyl (C=O) groups excluding carboxylic acids is 1. The number of hydrogen-bond donors (Lipinski definition) is 1. The number of ether oxygens (including phenoxy) is 2. The first kappa shape index (κ1) is 21.3. The average Bonchev–Trinajstić information content (AvgIpc) is 3.07. The number of anilines is 1. The fraction of sp³-hybridized carbons (Fsp3) is 0.211. The summed E-state index contributed by atoms with van der Waals surface area (Å²) in [6.45, 7) is 0.169. The quantitative estimate of drug-likeness (QED) is 0.508. The van der Waals surface area contributed by atoms with Crippen LogP contribution in [0, 0.1) is 0 Å². The summed E-state index contributed by atoms with van der Waals surface area (Å²) in [4.78, 5) is 12.2. The molecule has 0 saturated carbocycles. The lowest BCUT2D eigenvalue weighted by Crippen LogP contribution is -2.14. The van der Waals surface area contributed by atoms with Crippen molar-refractivity contribution < 1.29 is 14.3 Å². The second kappa shape index (κ2) is 9.87. The van der Waals surface area contributed by atoms with Crippen LogP contribution in [0.25, 0.3) is 0 Å². The number of hydrogen-bond acceptors (Lipinski definition) is 6. The van der Waals surface area contributed by atoms with E-state index in [1.165, 1.54) is 11.8 Å². The molecule has 2 aromatic carbocycles. The van der Waals surface area contributed by atoms with E-state index in [-0.39, 0.29) is 18.3 Å². The third-order valence-electron chi connectivity index (χ3n) is 3.88. The molecule has 29 heavy (non-hydrogen) atoms. The molecule has 0 unspecified atom stereocenters. The Morgan fingerprint density at radius 1 is 1.17 bits per heavy atom. The third kappa shape index (κ3) is 5.79. The fourth-order valence-electron chi connectivity index (χ4n) is 2.33. The van der Waals surface area contributed by atoms with Crippen LogP contribution in [-0.2, 0) is 18.4 Å². The summed E-state index contributed by atoms with van der Waals surface area (Å²) >= 11 is 13.3. The summed E-state index contributed by atoms with van der Waals surface area (Å²) in [6, 6.07) is 12.1. The third-order valence-corrected chi connectivity index (χ3v) is 5.45. The highest BCUT2D eigenvalue weighted by Crippen LogP contribution is 2.28. The van der Waals surface area contributed by atoms with Crippen molar-refractivity contribution in [3.05, 3.63) is 58.3 Å². The molecule has 0 aliphatic rings. The topological polar surface area (TPSA) is 78.3 Å². The molecule has 1 N–H and O–H groups in total.